The minimum Gasteiger partial charge on any atom is -0.390 e. The summed E-state index contributed by atoms with van der Waals surface area (Å²) >= 11 is 0. The molecule has 0 saturated carbocycles. The highest BCUT2D eigenvalue weighted by molar-refractivity contribution is 5.55. The molecular weight excluding hydrogens is 248 g/mol. The highest BCUT2D eigenvalue weighted by Gasteiger charge is 2.14. The molecule has 3 heteroatoms. The maximum Gasteiger partial charge on any atom is 0.0839 e. The summed E-state index contributed by atoms with van der Waals surface area (Å²) in [5.74, 6) is 0. The lowest BCUT2D eigenvalue weighted by Crippen LogP contribution is -2.36. The Bertz CT molecular complexity index is 415. The van der Waals surface area contributed by atoms with E-state index in [-0.39, 0.29) is 6.10 Å². The number of benzene rings is 1. The van der Waals surface area contributed by atoms with Crippen molar-refractivity contribution < 1.29 is 5.11 Å². The minimum absolute atomic E-state index is 0.311. The van der Waals surface area contributed by atoms with Crippen LogP contribution in [-0.4, -0.2) is 42.3 Å². The summed E-state index contributed by atoms with van der Waals surface area (Å²) in [5.41, 5.74) is 4.18. The van der Waals surface area contributed by atoms with Crippen molar-refractivity contribution >= 4 is 5.69 Å². The molecule has 1 aromatic carbocycles. The van der Waals surface area contributed by atoms with Gasteiger partial charge in [-0.1, -0.05) is 26.0 Å². The molecule has 1 aliphatic rings. The van der Waals surface area contributed by atoms with Crippen molar-refractivity contribution in [2.45, 2.75) is 45.6 Å². The van der Waals surface area contributed by atoms with Gasteiger partial charge in [-0.15, -0.1) is 0 Å². The Balaban J connectivity index is 1.91. The molecule has 0 fully saturated rings. The van der Waals surface area contributed by atoms with Gasteiger partial charge in [0.25, 0.3) is 0 Å². The van der Waals surface area contributed by atoms with E-state index in [1.807, 2.05) is 0 Å². The van der Waals surface area contributed by atoms with E-state index >= 15 is 0 Å². The van der Waals surface area contributed by atoms with E-state index in [9.17, 15) is 5.11 Å². The van der Waals surface area contributed by atoms with Crippen LogP contribution in [0.5, 0.6) is 0 Å². The summed E-state index contributed by atoms with van der Waals surface area (Å²) in [6, 6.07) is 6.52. The van der Waals surface area contributed by atoms with E-state index in [1.165, 1.54) is 42.5 Å². The van der Waals surface area contributed by atoms with Gasteiger partial charge in [-0.05, 0) is 56.0 Å². The zero-order chi connectivity index (χ0) is 14.4. The van der Waals surface area contributed by atoms with Gasteiger partial charge in [-0.25, -0.2) is 0 Å². The number of rotatable bonds is 7. The van der Waals surface area contributed by atoms with Crippen molar-refractivity contribution in [3.05, 3.63) is 29.3 Å². The smallest absolute Gasteiger partial charge is 0.0839 e. The number of nitrogens with one attached hydrogen (secondary N) is 1. The number of likely N-dealkylation sites (N-methyl/N-ethyl adjacent to an activating group) is 1. The van der Waals surface area contributed by atoms with Gasteiger partial charge >= 0.3 is 0 Å². The first-order valence-electron chi connectivity index (χ1n) is 7.99. The number of fused-ring (bicyclic) bond motifs is 1. The molecule has 1 atom stereocenters. The van der Waals surface area contributed by atoms with E-state index < -0.39 is 0 Å². The molecule has 3 nitrogen and oxygen atoms in total. The number of anilines is 1. The van der Waals surface area contributed by atoms with Crippen LogP contribution in [0.4, 0.5) is 5.69 Å². The first kappa shape index (κ1) is 15.3. The molecule has 2 N–H and O–H groups in total. The van der Waals surface area contributed by atoms with Gasteiger partial charge in [-0.3, -0.25) is 0 Å². The molecule has 0 aromatic heterocycles. The van der Waals surface area contributed by atoms with Gasteiger partial charge < -0.3 is 15.3 Å². The fraction of sp³-hybridized carbons (Fsp3) is 0.647. The van der Waals surface area contributed by atoms with Crippen LogP contribution in [-0.2, 0) is 12.8 Å². The molecular formula is C17H28N2O. The summed E-state index contributed by atoms with van der Waals surface area (Å²) in [6.45, 7) is 7.64. The molecule has 20 heavy (non-hydrogen) atoms. The third kappa shape index (κ3) is 3.97. The molecule has 1 aliphatic carbocycles. The van der Waals surface area contributed by atoms with E-state index in [4.69, 9.17) is 0 Å². The molecule has 1 aromatic rings. The van der Waals surface area contributed by atoms with Crippen LogP contribution in [0.1, 0.15) is 37.8 Å². The fourth-order valence-electron chi connectivity index (χ4n) is 3.02. The van der Waals surface area contributed by atoms with Crippen molar-refractivity contribution in [1.82, 2.24) is 4.90 Å². The predicted octanol–water partition coefficient (Wildman–Crippen LogP) is 2.68. The lowest BCUT2D eigenvalue weighted by atomic mass is 9.90. The maximum absolute atomic E-state index is 10.1. The number of aryl methyl sites for hydroxylation is 1. The summed E-state index contributed by atoms with van der Waals surface area (Å²) in [7, 11) is 0. The van der Waals surface area contributed by atoms with Crippen molar-refractivity contribution in [2.24, 2.45) is 0 Å². The number of hydrogen-bond donors (Lipinski definition) is 2. The van der Waals surface area contributed by atoms with Gasteiger partial charge in [0.05, 0.1) is 6.10 Å². The number of hydrogen-bond acceptors (Lipinski definition) is 3. The SMILES string of the molecule is CCN(CC)CC(O)CNc1cccc2c1CCCC2. The molecule has 0 heterocycles. The number of nitrogens with zero attached hydrogens (tertiary/aromatic N) is 1. The molecule has 112 valence electrons. The second-order valence-corrected chi connectivity index (χ2v) is 5.67. The van der Waals surface area contributed by atoms with Gasteiger partial charge in [-0.2, -0.15) is 0 Å². The van der Waals surface area contributed by atoms with Crippen molar-refractivity contribution in [1.29, 1.82) is 0 Å². The monoisotopic (exact) mass is 276 g/mol. The molecule has 2 rings (SSSR count). The first-order valence-corrected chi connectivity index (χ1v) is 7.99. The summed E-state index contributed by atoms with van der Waals surface area (Å²) < 4.78 is 0. The molecule has 0 bridgehead atoms. The van der Waals surface area contributed by atoms with Crippen molar-refractivity contribution in [3.63, 3.8) is 0 Å². The third-order valence-electron chi connectivity index (χ3n) is 4.29. The predicted molar refractivity (Wildman–Crippen MR) is 85.4 cm³/mol. The average molecular weight is 276 g/mol. The van der Waals surface area contributed by atoms with E-state index in [1.54, 1.807) is 0 Å². The van der Waals surface area contributed by atoms with E-state index in [0.29, 0.717) is 6.54 Å². The zero-order valence-corrected chi connectivity index (χ0v) is 12.9. The topological polar surface area (TPSA) is 35.5 Å². The molecule has 0 spiro atoms. The van der Waals surface area contributed by atoms with Gasteiger partial charge in [0, 0.05) is 18.8 Å². The Morgan fingerprint density at radius 1 is 1.20 bits per heavy atom. The van der Waals surface area contributed by atoms with Crippen LogP contribution < -0.4 is 5.32 Å². The van der Waals surface area contributed by atoms with Crippen LogP contribution >= 0.6 is 0 Å². The van der Waals surface area contributed by atoms with E-state index in [0.717, 1.165) is 19.6 Å². The molecule has 0 radical (unpaired) electrons. The third-order valence-corrected chi connectivity index (χ3v) is 4.29. The van der Waals surface area contributed by atoms with Crippen LogP contribution in [0.15, 0.2) is 18.2 Å². The molecule has 0 saturated heterocycles. The molecule has 1 unspecified atom stereocenters. The lowest BCUT2D eigenvalue weighted by Gasteiger charge is -2.24. The standard InChI is InChI=1S/C17H28N2O/c1-3-19(4-2)13-15(20)12-18-17-11-7-9-14-8-5-6-10-16(14)17/h7,9,11,15,18,20H,3-6,8,10,12-13H2,1-2H3. The van der Waals surface area contributed by atoms with Crippen molar-refractivity contribution in [3.8, 4) is 0 Å². The second-order valence-electron chi connectivity index (χ2n) is 5.67. The Hall–Kier alpha value is -1.06. The minimum atomic E-state index is -0.311. The average Bonchev–Trinajstić information content (AvgIpc) is 2.50. The highest BCUT2D eigenvalue weighted by Crippen LogP contribution is 2.27. The summed E-state index contributed by atoms with van der Waals surface area (Å²) in [4.78, 5) is 2.26. The molecule has 0 aliphatic heterocycles. The van der Waals surface area contributed by atoms with Gasteiger partial charge in [0.15, 0.2) is 0 Å². The van der Waals surface area contributed by atoms with Crippen LogP contribution in [0.3, 0.4) is 0 Å². The fourth-order valence-corrected chi connectivity index (χ4v) is 3.02. The van der Waals surface area contributed by atoms with Crippen LogP contribution in [0.2, 0.25) is 0 Å². The lowest BCUT2D eigenvalue weighted by molar-refractivity contribution is 0.128. The normalized spacial score (nSPS) is 16.0. The number of aliphatic hydroxyl groups excluding tert-OH is 1. The second kappa shape index (κ2) is 7.65. The quantitative estimate of drug-likeness (QED) is 0.804. The zero-order valence-electron chi connectivity index (χ0n) is 12.9. The summed E-state index contributed by atoms with van der Waals surface area (Å²) in [5, 5.41) is 13.6. The summed E-state index contributed by atoms with van der Waals surface area (Å²) in [6.07, 6.45) is 4.65. The maximum atomic E-state index is 10.1. The highest BCUT2D eigenvalue weighted by atomic mass is 16.3. The first-order chi connectivity index (χ1) is 9.74. The van der Waals surface area contributed by atoms with Crippen LogP contribution in [0.25, 0.3) is 0 Å². The number of aliphatic hydroxyl groups is 1. The Morgan fingerprint density at radius 3 is 2.70 bits per heavy atom. The van der Waals surface area contributed by atoms with Crippen molar-refractivity contribution in [2.75, 3.05) is 31.5 Å². The van der Waals surface area contributed by atoms with Gasteiger partial charge in [0.1, 0.15) is 0 Å². The Kier molecular flexibility index (Phi) is 5.86. The Labute approximate surface area is 123 Å². The van der Waals surface area contributed by atoms with Gasteiger partial charge in [0.2, 0.25) is 0 Å². The largest absolute Gasteiger partial charge is 0.390 e. The molecule has 0 amide bonds. The Morgan fingerprint density at radius 2 is 1.95 bits per heavy atom. The van der Waals surface area contributed by atoms with E-state index in [2.05, 4.69) is 42.3 Å². The van der Waals surface area contributed by atoms with Crippen LogP contribution in [0, 0.1) is 0 Å².